The Labute approximate surface area is 114 Å². The summed E-state index contributed by atoms with van der Waals surface area (Å²) in [7, 11) is 0. The second kappa shape index (κ2) is 5.79. The van der Waals surface area contributed by atoms with Crippen LogP contribution in [0.3, 0.4) is 0 Å². The van der Waals surface area contributed by atoms with Crippen LogP contribution in [-0.4, -0.2) is 18.2 Å². The van der Waals surface area contributed by atoms with Gasteiger partial charge in [-0.25, -0.2) is 0 Å². The molecule has 0 bridgehead atoms. The van der Waals surface area contributed by atoms with Crippen molar-refractivity contribution in [2.45, 2.75) is 32.1 Å². The number of carbonyl (C=O) groups excluding carboxylic acids is 1. The van der Waals surface area contributed by atoms with Gasteiger partial charge in [-0.3, -0.25) is 4.79 Å². The number of aryl methyl sites for hydroxylation is 2. The Morgan fingerprint density at radius 2 is 2.11 bits per heavy atom. The van der Waals surface area contributed by atoms with Crippen LogP contribution in [0.4, 0.5) is 0 Å². The monoisotopic (exact) mass is 263 g/mol. The van der Waals surface area contributed by atoms with Gasteiger partial charge in [0.2, 0.25) is 5.91 Å². The minimum Gasteiger partial charge on any atom is -0.355 e. The standard InChI is InChI=1S/C15H21NOS/c1-10-4-5-13(8-11(10)2)18-7-6-16-15(17)14-9-12(14)3/h4-5,8,12,14H,6-7,9H2,1-3H3,(H,16,17)/t12-,14-/m1/s1. The lowest BCUT2D eigenvalue weighted by Crippen LogP contribution is -2.27. The molecule has 0 saturated heterocycles. The third-order valence-corrected chi connectivity index (χ3v) is 4.59. The molecule has 1 aromatic rings. The largest absolute Gasteiger partial charge is 0.355 e. The molecule has 0 unspecified atom stereocenters. The molecule has 0 radical (unpaired) electrons. The summed E-state index contributed by atoms with van der Waals surface area (Å²) in [5.41, 5.74) is 2.66. The highest BCUT2D eigenvalue weighted by Gasteiger charge is 2.38. The fraction of sp³-hybridized carbons (Fsp3) is 0.533. The smallest absolute Gasteiger partial charge is 0.223 e. The fourth-order valence-electron chi connectivity index (χ4n) is 1.97. The highest BCUT2D eigenvalue weighted by atomic mass is 32.2. The molecule has 1 aliphatic carbocycles. The van der Waals surface area contributed by atoms with Crippen molar-refractivity contribution in [2.24, 2.45) is 11.8 Å². The molecular formula is C15H21NOS. The van der Waals surface area contributed by atoms with Crippen LogP contribution in [-0.2, 0) is 4.79 Å². The Morgan fingerprint density at radius 1 is 1.39 bits per heavy atom. The molecule has 0 aromatic heterocycles. The molecule has 18 heavy (non-hydrogen) atoms. The Balaban J connectivity index is 1.68. The second-order valence-corrected chi connectivity index (χ2v) is 6.37. The summed E-state index contributed by atoms with van der Waals surface area (Å²) < 4.78 is 0. The first-order valence-corrected chi connectivity index (χ1v) is 7.54. The summed E-state index contributed by atoms with van der Waals surface area (Å²) >= 11 is 1.80. The van der Waals surface area contributed by atoms with Crippen LogP contribution in [0.1, 0.15) is 24.5 Å². The first kappa shape index (κ1) is 13.5. The van der Waals surface area contributed by atoms with Gasteiger partial charge in [-0.1, -0.05) is 13.0 Å². The van der Waals surface area contributed by atoms with Crippen LogP contribution in [0.25, 0.3) is 0 Å². The van der Waals surface area contributed by atoms with E-state index in [4.69, 9.17) is 0 Å². The molecule has 98 valence electrons. The number of benzene rings is 1. The van der Waals surface area contributed by atoms with E-state index in [2.05, 4.69) is 44.3 Å². The molecule has 1 N–H and O–H groups in total. The Kier molecular flexibility index (Phi) is 4.33. The maximum absolute atomic E-state index is 11.6. The predicted octanol–water partition coefficient (Wildman–Crippen LogP) is 3.17. The van der Waals surface area contributed by atoms with Crippen molar-refractivity contribution in [3.63, 3.8) is 0 Å². The van der Waals surface area contributed by atoms with E-state index in [1.54, 1.807) is 11.8 Å². The van der Waals surface area contributed by atoms with Gasteiger partial charge in [0.15, 0.2) is 0 Å². The number of hydrogen-bond donors (Lipinski definition) is 1. The van der Waals surface area contributed by atoms with Crippen LogP contribution < -0.4 is 5.32 Å². The molecule has 1 saturated carbocycles. The Bertz CT molecular complexity index is 444. The molecule has 0 heterocycles. The van der Waals surface area contributed by atoms with Crippen molar-refractivity contribution in [3.05, 3.63) is 29.3 Å². The topological polar surface area (TPSA) is 29.1 Å². The van der Waals surface area contributed by atoms with Gasteiger partial charge in [-0.2, -0.15) is 0 Å². The van der Waals surface area contributed by atoms with Crippen LogP contribution in [0.15, 0.2) is 23.1 Å². The van der Waals surface area contributed by atoms with E-state index in [9.17, 15) is 4.79 Å². The van der Waals surface area contributed by atoms with E-state index >= 15 is 0 Å². The summed E-state index contributed by atoms with van der Waals surface area (Å²) in [4.78, 5) is 12.9. The van der Waals surface area contributed by atoms with Gasteiger partial charge >= 0.3 is 0 Å². The molecule has 1 fully saturated rings. The average molecular weight is 263 g/mol. The van der Waals surface area contributed by atoms with Crippen molar-refractivity contribution < 1.29 is 4.79 Å². The molecule has 0 spiro atoms. The predicted molar refractivity (Wildman–Crippen MR) is 76.9 cm³/mol. The second-order valence-electron chi connectivity index (χ2n) is 5.21. The van der Waals surface area contributed by atoms with Crippen molar-refractivity contribution in [1.82, 2.24) is 5.32 Å². The van der Waals surface area contributed by atoms with Crippen LogP contribution >= 0.6 is 11.8 Å². The third kappa shape index (κ3) is 3.52. The zero-order valence-corrected chi connectivity index (χ0v) is 12.1. The number of carbonyl (C=O) groups is 1. The van der Waals surface area contributed by atoms with E-state index in [1.807, 2.05) is 0 Å². The molecule has 2 atom stereocenters. The van der Waals surface area contributed by atoms with Gasteiger partial charge in [0.05, 0.1) is 0 Å². The van der Waals surface area contributed by atoms with Gasteiger partial charge in [-0.15, -0.1) is 11.8 Å². The normalized spacial score (nSPS) is 21.7. The number of hydrogen-bond acceptors (Lipinski definition) is 2. The number of nitrogens with one attached hydrogen (secondary N) is 1. The maximum atomic E-state index is 11.6. The Morgan fingerprint density at radius 3 is 2.72 bits per heavy atom. The first-order chi connectivity index (χ1) is 8.58. The van der Waals surface area contributed by atoms with Gasteiger partial charge in [0.1, 0.15) is 0 Å². The number of thioether (sulfide) groups is 1. The van der Waals surface area contributed by atoms with E-state index in [1.165, 1.54) is 16.0 Å². The Hall–Kier alpha value is -0.960. The number of amides is 1. The van der Waals surface area contributed by atoms with Crippen molar-refractivity contribution in [2.75, 3.05) is 12.3 Å². The summed E-state index contributed by atoms with van der Waals surface area (Å²) in [6, 6.07) is 6.52. The highest BCUT2D eigenvalue weighted by molar-refractivity contribution is 7.99. The van der Waals surface area contributed by atoms with Crippen molar-refractivity contribution >= 4 is 17.7 Å². The minimum absolute atomic E-state index is 0.239. The van der Waals surface area contributed by atoms with Crippen LogP contribution in [0, 0.1) is 25.7 Å². The van der Waals surface area contributed by atoms with Crippen LogP contribution in [0.5, 0.6) is 0 Å². The molecule has 2 rings (SSSR count). The lowest BCUT2D eigenvalue weighted by Gasteiger charge is -2.06. The van der Waals surface area contributed by atoms with Crippen molar-refractivity contribution in [3.8, 4) is 0 Å². The van der Waals surface area contributed by atoms with E-state index in [0.717, 1.165) is 18.7 Å². The zero-order valence-electron chi connectivity index (χ0n) is 11.3. The number of rotatable bonds is 5. The SMILES string of the molecule is Cc1ccc(SCCNC(=O)[C@@H]2C[C@H]2C)cc1C. The molecule has 1 aliphatic rings. The fourth-order valence-corrected chi connectivity index (χ4v) is 2.83. The van der Waals surface area contributed by atoms with Gasteiger partial charge in [0.25, 0.3) is 0 Å². The first-order valence-electron chi connectivity index (χ1n) is 6.55. The lowest BCUT2D eigenvalue weighted by atomic mass is 10.1. The lowest BCUT2D eigenvalue weighted by molar-refractivity contribution is -0.122. The van der Waals surface area contributed by atoms with Gasteiger partial charge in [0, 0.05) is 23.1 Å². The van der Waals surface area contributed by atoms with E-state index in [0.29, 0.717) is 5.92 Å². The summed E-state index contributed by atoms with van der Waals surface area (Å²) in [6.07, 6.45) is 1.07. The highest BCUT2D eigenvalue weighted by Crippen LogP contribution is 2.37. The minimum atomic E-state index is 0.239. The average Bonchev–Trinajstić information content (AvgIpc) is 3.06. The zero-order chi connectivity index (χ0) is 13.1. The van der Waals surface area contributed by atoms with E-state index < -0.39 is 0 Å². The molecule has 1 aromatic carbocycles. The third-order valence-electron chi connectivity index (χ3n) is 3.59. The molecular weight excluding hydrogens is 242 g/mol. The van der Waals surface area contributed by atoms with Crippen LogP contribution in [0.2, 0.25) is 0 Å². The van der Waals surface area contributed by atoms with Gasteiger partial charge < -0.3 is 5.32 Å². The maximum Gasteiger partial charge on any atom is 0.223 e. The molecule has 1 amide bonds. The summed E-state index contributed by atoms with van der Waals surface area (Å²) in [6.45, 7) is 7.16. The summed E-state index contributed by atoms with van der Waals surface area (Å²) in [5, 5.41) is 3.01. The van der Waals surface area contributed by atoms with Crippen molar-refractivity contribution in [1.29, 1.82) is 0 Å². The van der Waals surface area contributed by atoms with E-state index in [-0.39, 0.29) is 11.8 Å². The molecule has 3 heteroatoms. The molecule has 2 nitrogen and oxygen atoms in total. The molecule has 0 aliphatic heterocycles. The van der Waals surface area contributed by atoms with Gasteiger partial charge in [-0.05, 0) is 49.4 Å². The quantitative estimate of drug-likeness (QED) is 0.653. The summed E-state index contributed by atoms with van der Waals surface area (Å²) in [5.74, 6) is 2.06.